The van der Waals surface area contributed by atoms with Gasteiger partial charge in [-0.1, -0.05) is 11.6 Å². The van der Waals surface area contributed by atoms with Gasteiger partial charge in [-0.25, -0.2) is 0 Å². The predicted molar refractivity (Wildman–Crippen MR) is 57.9 cm³/mol. The summed E-state index contributed by atoms with van der Waals surface area (Å²) < 4.78 is 4.93. The van der Waals surface area contributed by atoms with Gasteiger partial charge in [-0.15, -0.1) is 0 Å². The number of carbonyl (C=O) groups excluding carboxylic acids is 2. The van der Waals surface area contributed by atoms with Crippen LogP contribution >= 0.6 is 11.6 Å². The maximum Gasteiger partial charge on any atom is 0.308 e. The van der Waals surface area contributed by atoms with Crippen molar-refractivity contribution in [3.63, 3.8) is 0 Å². The molecular weight excluding hydrogens is 216 g/mol. The molecule has 0 heterocycles. The van der Waals surface area contributed by atoms with Gasteiger partial charge in [-0.05, 0) is 30.4 Å². The third-order valence-electron chi connectivity index (χ3n) is 1.58. The molecule has 0 aliphatic carbocycles. The van der Waals surface area contributed by atoms with Gasteiger partial charge in [0.15, 0.2) is 0 Å². The third kappa shape index (κ3) is 3.56. The molecule has 0 amide bonds. The summed E-state index contributed by atoms with van der Waals surface area (Å²) in [4.78, 5) is 20.9. The number of carbonyl (C=O) groups is 2. The highest BCUT2D eigenvalue weighted by molar-refractivity contribution is 6.30. The summed E-state index contributed by atoms with van der Waals surface area (Å²) in [6.07, 6.45) is 3.47. The van der Waals surface area contributed by atoms with Gasteiger partial charge in [0.2, 0.25) is 0 Å². The number of rotatable bonds is 3. The molecule has 78 valence electrons. The molecule has 4 heteroatoms. The number of allylic oxidation sites excluding steroid dienone is 1. The maximum atomic E-state index is 10.8. The largest absolute Gasteiger partial charge is 0.426 e. The van der Waals surface area contributed by atoms with Crippen molar-refractivity contribution in [1.82, 2.24) is 0 Å². The van der Waals surface area contributed by atoms with Crippen LogP contribution in [0.1, 0.15) is 12.5 Å². The minimum Gasteiger partial charge on any atom is -0.426 e. The highest BCUT2D eigenvalue weighted by Gasteiger charge is 2.04. The van der Waals surface area contributed by atoms with Gasteiger partial charge in [0.05, 0.1) is 0 Å². The molecule has 3 nitrogen and oxygen atoms in total. The molecule has 1 rings (SSSR count). The van der Waals surface area contributed by atoms with E-state index in [0.717, 1.165) is 0 Å². The van der Waals surface area contributed by atoms with Crippen LogP contribution in [0.25, 0.3) is 6.08 Å². The van der Waals surface area contributed by atoms with Crippen molar-refractivity contribution >= 4 is 29.9 Å². The van der Waals surface area contributed by atoms with E-state index >= 15 is 0 Å². The number of hydrogen-bond acceptors (Lipinski definition) is 3. The van der Waals surface area contributed by atoms with Gasteiger partial charge in [0, 0.05) is 17.5 Å². The fourth-order valence-electron chi connectivity index (χ4n) is 1.04. The van der Waals surface area contributed by atoms with Crippen molar-refractivity contribution in [2.75, 3.05) is 0 Å². The van der Waals surface area contributed by atoms with Crippen LogP contribution in [0.15, 0.2) is 24.3 Å². The summed E-state index contributed by atoms with van der Waals surface area (Å²) in [7, 11) is 0. The van der Waals surface area contributed by atoms with E-state index in [2.05, 4.69) is 0 Å². The molecule has 0 saturated heterocycles. The summed E-state index contributed by atoms with van der Waals surface area (Å²) in [6, 6.07) is 4.80. The van der Waals surface area contributed by atoms with Crippen LogP contribution < -0.4 is 4.74 Å². The standard InChI is InChI=1S/C11H9ClO3/c1-8(14)15-11-5-4-10(12)7-9(11)3-2-6-13/h2-7H,1H3. The number of hydrogen-bond donors (Lipinski definition) is 0. The summed E-state index contributed by atoms with van der Waals surface area (Å²) in [5, 5.41) is 0.511. The van der Waals surface area contributed by atoms with Crippen LogP contribution in [-0.2, 0) is 9.59 Å². The molecule has 0 unspecified atom stereocenters. The number of esters is 1. The van der Waals surface area contributed by atoms with Crippen molar-refractivity contribution in [3.05, 3.63) is 34.9 Å². The van der Waals surface area contributed by atoms with Crippen LogP contribution in [0.5, 0.6) is 5.75 Å². The van der Waals surface area contributed by atoms with Crippen molar-refractivity contribution in [2.45, 2.75) is 6.92 Å². The van der Waals surface area contributed by atoms with Gasteiger partial charge < -0.3 is 4.74 Å². The molecule has 0 spiro atoms. The van der Waals surface area contributed by atoms with Gasteiger partial charge in [0.1, 0.15) is 12.0 Å². The molecule has 0 radical (unpaired) electrons. The number of aldehydes is 1. The lowest BCUT2D eigenvalue weighted by molar-refractivity contribution is -0.131. The smallest absolute Gasteiger partial charge is 0.308 e. The first-order valence-corrected chi connectivity index (χ1v) is 4.61. The lowest BCUT2D eigenvalue weighted by Crippen LogP contribution is -2.02. The number of ether oxygens (including phenoxy) is 1. The Hall–Kier alpha value is -1.61. The van der Waals surface area contributed by atoms with E-state index in [1.807, 2.05) is 0 Å². The van der Waals surface area contributed by atoms with E-state index in [4.69, 9.17) is 16.3 Å². The Bertz CT molecular complexity index is 410. The summed E-state index contributed by atoms with van der Waals surface area (Å²) in [5.74, 6) is -0.0388. The normalized spacial score (nSPS) is 10.3. The van der Waals surface area contributed by atoms with E-state index in [0.29, 0.717) is 22.6 Å². The summed E-state index contributed by atoms with van der Waals surface area (Å²) in [6.45, 7) is 1.31. The summed E-state index contributed by atoms with van der Waals surface area (Å²) in [5.41, 5.74) is 0.588. The quantitative estimate of drug-likeness (QED) is 0.343. The molecule has 0 bridgehead atoms. The maximum absolute atomic E-state index is 10.8. The zero-order valence-corrected chi connectivity index (χ0v) is 8.82. The predicted octanol–water partition coefficient (Wildman–Crippen LogP) is 2.48. The Morgan fingerprint density at radius 1 is 1.47 bits per heavy atom. The molecule has 0 aliphatic rings. The Kier molecular flexibility index (Phi) is 4.06. The molecule has 0 atom stereocenters. The zero-order valence-electron chi connectivity index (χ0n) is 8.07. The lowest BCUT2D eigenvalue weighted by Gasteiger charge is -2.05. The SMILES string of the molecule is CC(=O)Oc1ccc(Cl)cc1C=CC=O. The Balaban J connectivity index is 3.07. The van der Waals surface area contributed by atoms with Crippen molar-refractivity contribution < 1.29 is 14.3 Å². The Labute approximate surface area is 92.3 Å². The lowest BCUT2D eigenvalue weighted by atomic mass is 10.2. The Morgan fingerprint density at radius 3 is 2.80 bits per heavy atom. The van der Waals surface area contributed by atoms with E-state index in [-0.39, 0.29) is 0 Å². The average molecular weight is 225 g/mol. The number of benzene rings is 1. The first kappa shape index (κ1) is 11.5. The van der Waals surface area contributed by atoms with Gasteiger partial charge in [-0.3, -0.25) is 9.59 Å². The molecule has 0 aliphatic heterocycles. The monoisotopic (exact) mass is 224 g/mol. The molecular formula is C11H9ClO3. The highest BCUT2D eigenvalue weighted by atomic mass is 35.5. The molecule has 0 saturated carbocycles. The van der Waals surface area contributed by atoms with Crippen LogP contribution in [0.2, 0.25) is 5.02 Å². The summed E-state index contributed by atoms with van der Waals surface area (Å²) >= 11 is 5.77. The van der Waals surface area contributed by atoms with E-state index < -0.39 is 5.97 Å². The van der Waals surface area contributed by atoms with E-state index in [9.17, 15) is 9.59 Å². The fourth-order valence-corrected chi connectivity index (χ4v) is 1.22. The molecule has 0 N–H and O–H groups in total. The van der Waals surface area contributed by atoms with E-state index in [1.54, 1.807) is 18.2 Å². The topological polar surface area (TPSA) is 43.4 Å². The first-order chi connectivity index (χ1) is 7.13. The van der Waals surface area contributed by atoms with Gasteiger partial charge in [-0.2, -0.15) is 0 Å². The van der Waals surface area contributed by atoms with Crippen molar-refractivity contribution in [1.29, 1.82) is 0 Å². The van der Waals surface area contributed by atoms with Crippen molar-refractivity contribution in [2.24, 2.45) is 0 Å². The van der Waals surface area contributed by atoms with Crippen LogP contribution in [0.3, 0.4) is 0 Å². The molecule has 0 fully saturated rings. The Morgan fingerprint density at radius 2 is 2.20 bits per heavy atom. The first-order valence-electron chi connectivity index (χ1n) is 4.23. The number of halogens is 1. The molecule has 1 aromatic rings. The zero-order chi connectivity index (χ0) is 11.3. The molecule has 0 aromatic heterocycles. The minimum atomic E-state index is -0.418. The van der Waals surface area contributed by atoms with Gasteiger partial charge in [0.25, 0.3) is 0 Å². The van der Waals surface area contributed by atoms with Crippen LogP contribution in [0.4, 0.5) is 0 Å². The average Bonchev–Trinajstić information content (AvgIpc) is 2.18. The second-order valence-corrected chi connectivity index (χ2v) is 3.21. The van der Waals surface area contributed by atoms with Crippen LogP contribution in [-0.4, -0.2) is 12.3 Å². The van der Waals surface area contributed by atoms with Crippen LogP contribution in [0, 0.1) is 0 Å². The molecule has 15 heavy (non-hydrogen) atoms. The second kappa shape index (κ2) is 5.32. The van der Waals surface area contributed by atoms with E-state index in [1.165, 1.54) is 19.1 Å². The fraction of sp³-hybridized carbons (Fsp3) is 0.0909. The third-order valence-corrected chi connectivity index (χ3v) is 1.81. The minimum absolute atomic E-state index is 0.380. The van der Waals surface area contributed by atoms with Crippen molar-refractivity contribution in [3.8, 4) is 5.75 Å². The highest BCUT2D eigenvalue weighted by Crippen LogP contribution is 2.24. The second-order valence-electron chi connectivity index (χ2n) is 2.77. The molecule has 1 aromatic carbocycles. The van der Waals surface area contributed by atoms with Gasteiger partial charge >= 0.3 is 5.97 Å².